The standard InChI is InChI=1S/C21H18N4O2S/c26-18(27)11-13-5-3-8-16-19(13)20(14-6-4-10-22-12-14)24-25(16)21-23-15-7-1-2-9-17(15)28-21/h1-2,4,6-7,9-10,12-13H,3,5,8,11H2,(H,26,27). The monoisotopic (exact) mass is 390 g/mol. The molecule has 4 aromatic rings. The van der Waals surface area contributed by atoms with Crippen LogP contribution in [0.3, 0.4) is 0 Å². The molecule has 1 unspecified atom stereocenters. The minimum absolute atomic E-state index is 0.0421. The number of fused-ring (bicyclic) bond motifs is 2. The fourth-order valence-electron chi connectivity index (χ4n) is 4.03. The maximum atomic E-state index is 11.5. The van der Waals surface area contributed by atoms with Crippen molar-refractivity contribution in [2.24, 2.45) is 0 Å². The largest absolute Gasteiger partial charge is 0.481 e. The van der Waals surface area contributed by atoms with Crippen LogP contribution < -0.4 is 0 Å². The molecule has 140 valence electrons. The highest BCUT2D eigenvalue weighted by Crippen LogP contribution is 2.41. The number of aliphatic carboxylic acids is 1. The van der Waals surface area contributed by atoms with Crippen LogP contribution in [0, 0.1) is 0 Å². The second kappa shape index (κ2) is 6.83. The summed E-state index contributed by atoms with van der Waals surface area (Å²) >= 11 is 1.60. The van der Waals surface area contributed by atoms with Crippen molar-refractivity contribution in [3.63, 3.8) is 0 Å². The van der Waals surface area contributed by atoms with Crippen molar-refractivity contribution in [2.45, 2.75) is 31.6 Å². The number of pyridine rings is 1. The average Bonchev–Trinajstić information content (AvgIpc) is 3.30. The molecule has 1 atom stereocenters. The fraction of sp³-hybridized carbons (Fsp3) is 0.238. The van der Waals surface area contributed by atoms with E-state index in [0.717, 1.165) is 57.1 Å². The normalized spacial score (nSPS) is 16.2. The minimum Gasteiger partial charge on any atom is -0.481 e. The Bertz CT molecular complexity index is 1130. The quantitative estimate of drug-likeness (QED) is 0.557. The summed E-state index contributed by atoms with van der Waals surface area (Å²) in [7, 11) is 0. The molecule has 3 heterocycles. The zero-order valence-electron chi connectivity index (χ0n) is 15.1. The molecule has 1 N–H and O–H groups in total. The minimum atomic E-state index is -0.775. The first-order chi connectivity index (χ1) is 13.7. The molecule has 0 amide bonds. The molecule has 0 radical (unpaired) electrons. The molecule has 28 heavy (non-hydrogen) atoms. The van der Waals surface area contributed by atoms with Crippen LogP contribution in [-0.4, -0.2) is 30.8 Å². The number of nitrogens with zero attached hydrogens (tertiary/aromatic N) is 4. The Kier molecular flexibility index (Phi) is 4.16. The Hall–Kier alpha value is -3.06. The highest BCUT2D eigenvalue weighted by molar-refractivity contribution is 7.20. The van der Waals surface area contributed by atoms with E-state index < -0.39 is 5.97 Å². The first-order valence-electron chi connectivity index (χ1n) is 9.30. The molecule has 0 saturated carbocycles. The van der Waals surface area contributed by atoms with Gasteiger partial charge >= 0.3 is 5.97 Å². The van der Waals surface area contributed by atoms with Crippen molar-refractivity contribution in [3.8, 4) is 16.4 Å². The lowest BCUT2D eigenvalue weighted by Crippen LogP contribution is -2.15. The summed E-state index contributed by atoms with van der Waals surface area (Å²) in [6, 6.07) is 11.9. The number of rotatable bonds is 4. The van der Waals surface area contributed by atoms with Gasteiger partial charge in [-0.2, -0.15) is 5.10 Å². The molecular formula is C21H18N4O2S. The van der Waals surface area contributed by atoms with Gasteiger partial charge in [0.05, 0.1) is 28.0 Å². The third-order valence-electron chi connectivity index (χ3n) is 5.22. The Morgan fingerprint density at radius 2 is 2.14 bits per heavy atom. The summed E-state index contributed by atoms with van der Waals surface area (Å²) < 4.78 is 3.04. The predicted octanol–water partition coefficient (Wildman–Crippen LogP) is 4.44. The number of aromatic nitrogens is 4. The van der Waals surface area contributed by atoms with Crippen LogP contribution in [0.15, 0.2) is 48.8 Å². The van der Waals surface area contributed by atoms with Gasteiger partial charge in [-0.25, -0.2) is 9.67 Å². The van der Waals surface area contributed by atoms with E-state index in [-0.39, 0.29) is 12.3 Å². The van der Waals surface area contributed by atoms with Gasteiger partial charge in [0.2, 0.25) is 5.13 Å². The van der Waals surface area contributed by atoms with Gasteiger partial charge in [0.1, 0.15) is 0 Å². The number of hydrogen-bond donors (Lipinski definition) is 1. The third-order valence-corrected chi connectivity index (χ3v) is 6.23. The molecule has 6 nitrogen and oxygen atoms in total. The summed E-state index contributed by atoms with van der Waals surface area (Å²) in [6.45, 7) is 0. The van der Waals surface area contributed by atoms with Gasteiger partial charge in [-0.05, 0) is 49.4 Å². The summed E-state index contributed by atoms with van der Waals surface area (Å²) in [4.78, 5) is 20.5. The van der Waals surface area contributed by atoms with Crippen LogP contribution in [0.2, 0.25) is 0 Å². The number of hydrogen-bond acceptors (Lipinski definition) is 5. The molecule has 0 bridgehead atoms. The first-order valence-corrected chi connectivity index (χ1v) is 10.1. The molecular weight excluding hydrogens is 372 g/mol. The van der Waals surface area contributed by atoms with Gasteiger partial charge in [0, 0.05) is 23.5 Å². The molecule has 7 heteroatoms. The van der Waals surface area contributed by atoms with E-state index in [0.29, 0.717) is 0 Å². The molecule has 5 rings (SSSR count). The summed E-state index contributed by atoms with van der Waals surface area (Å²) in [6.07, 6.45) is 6.32. The highest BCUT2D eigenvalue weighted by atomic mass is 32.1. The van der Waals surface area contributed by atoms with Gasteiger partial charge < -0.3 is 5.11 Å². The van der Waals surface area contributed by atoms with Gasteiger partial charge in [-0.1, -0.05) is 23.5 Å². The highest BCUT2D eigenvalue weighted by Gasteiger charge is 2.31. The average molecular weight is 390 g/mol. The number of para-hydroxylation sites is 1. The molecule has 1 aliphatic carbocycles. The third kappa shape index (κ3) is 2.88. The van der Waals surface area contributed by atoms with Crippen molar-refractivity contribution in [2.75, 3.05) is 0 Å². The summed E-state index contributed by atoms with van der Waals surface area (Å²) in [5, 5.41) is 15.2. The van der Waals surface area contributed by atoms with E-state index in [2.05, 4.69) is 11.1 Å². The summed E-state index contributed by atoms with van der Waals surface area (Å²) in [5.74, 6) is -0.817. The van der Waals surface area contributed by atoms with Gasteiger partial charge in [-0.15, -0.1) is 0 Å². The van der Waals surface area contributed by atoms with Crippen LogP contribution in [0.4, 0.5) is 0 Å². The Morgan fingerprint density at radius 1 is 1.25 bits per heavy atom. The Morgan fingerprint density at radius 3 is 2.93 bits per heavy atom. The topological polar surface area (TPSA) is 80.9 Å². The molecule has 1 aromatic carbocycles. The van der Waals surface area contributed by atoms with E-state index in [1.54, 1.807) is 23.7 Å². The van der Waals surface area contributed by atoms with Gasteiger partial charge in [0.25, 0.3) is 0 Å². The first kappa shape index (κ1) is 17.1. The van der Waals surface area contributed by atoms with Crippen LogP contribution in [0.25, 0.3) is 26.6 Å². The van der Waals surface area contributed by atoms with Gasteiger partial charge in [0.15, 0.2) is 0 Å². The van der Waals surface area contributed by atoms with Crippen molar-refractivity contribution in [1.82, 2.24) is 19.7 Å². The molecule has 0 saturated heterocycles. The smallest absolute Gasteiger partial charge is 0.303 e. The second-order valence-corrected chi connectivity index (χ2v) is 8.02. The predicted molar refractivity (Wildman–Crippen MR) is 108 cm³/mol. The van der Waals surface area contributed by atoms with Crippen LogP contribution in [0.1, 0.15) is 36.4 Å². The Labute approximate surface area is 165 Å². The van der Waals surface area contributed by atoms with Crippen molar-refractivity contribution in [1.29, 1.82) is 0 Å². The second-order valence-electron chi connectivity index (χ2n) is 7.01. The molecule has 0 spiro atoms. The SMILES string of the molecule is O=C(O)CC1CCCc2c1c(-c1cccnc1)nn2-c1nc2ccccc2s1. The number of carboxylic acid groups (broad SMARTS) is 1. The van der Waals surface area contributed by atoms with Gasteiger partial charge in [-0.3, -0.25) is 9.78 Å². The lowest BCUT2D eigenvalue weighted by atomic mass is 9.82. The maximum absolute atomic E-state index is 11.5. The van der Waals surface area contributed by atoms with E-state index >= 15 is 0 Å². The molecule has 0 fully saturated rings. The van der Waals surface area contributed by atoms with E-state index in [4.69, 9.17) is 10.1 Å². The zero-order valence-corrected chi connectivity index (χ0v) is 15.9. The van der Waals surface area contributed by atoms with Crippen molar-refractivity contribution < 1.29 is 9.90 Å². The number of carbonyl (C=O) groups is 1. The lowest BCUT2D eigenvalue weighted by molar-refractivity contribution is -0.137. The molecule has 0 aliphatic heterocycles. The van der Waals surface area contributed by atoms with Crippen molar-refractivity contribution in [3.05, 3.63) is 60.0 Å². The van der Waals surface area contributed by atoms with Crippen molar-refractivity contribution >= 4 is 27.5 Å². The van der Waals surface area contributed by atoms with Crippen LogP contribution in [-0.2, 0) is 11.2 Å². The maximum Gasteiger partial charge on any atom is 0.303 e. The number of thiazole rings is 1. The van der Waals surface area contributed by atoms with Crippen LogP contribution in [0.5, 0.6) is 0 Å². The Balaban J connectivity index is 1.72. The van der Waals surface area contributed by atoms with Crippen LogP contribution >= 0.6 is 11.3 Å². The van der Waals surface area contributed by atoms with E-state index in [9.17, 15) is 9.90 Å². The zero-order chi connectivity index (χ0) is 19.1. The number of carboxylic acids is 1. The molecule has 1 aliphatic rings. The number of benzene rings is 1. The lowest BCUT2D eigenvalue weighted by Gasteiger charge is -2.22. The van der Waals surface area contributed by atoms with E-state index in [1.165, 1.54) is 0 Å². The molecule has 3 aromatic heterocycles. The fourth-order valence-corrected chi connectivity index (χ4v) is 4.98. The summed E-state index contributed by atoms with van der Waals surface area (Å²) in [5.41, 5.74) is 4.81. The van der Waals surface area contributed by atoms with E-state index in [1.807, 2.05) is 35.0 Å².